The Hall–Kier alpha value is -3.58. The molecule has 0 atom stereocenters. The van der Waals surface area contributed by atoms with E-state index in [1.54, 1.807) is 0 Å². The van der Waals surface area contributed by atoms with E-state index in [9.17, 15) is 4.79 Å². The van der Waals surface area contributed by atoms with Crippen molar-refractivity contribution in [2.24, 2.45) is 0 Å². The number of anilines is 1. The largest absolute Gasteiger partial charge is 0.382 e. The molecule has 0 aliphatic heterocycles. The summed E-state index contributed by atoms with van der Waals surface area (Å²) in [6.45, 7) is 5.61. The van der Waals surface area contributed by atoms with Gasteiger partial charge in [-0.2, -0.15) is 0 Å². The number of para-hydroxylation sites is 2. The zero-order valence-corrected chi connectivity index (χ0v) is 31.0. The first-order valence-corrected chi connectivity index (χ1v) is 19.7. The molecule has 50 heavy (non-hydrogen) atoms. The second kappa shape index (κ2) is 28.2. The van der Waals surface area contributed by atoms with Gasteiger partial charge in [0, 0.05) is 43.1 Å². The third-order valence-corrected chi connectivity index (χ3v) is 8.93. The van der Waals surface area contributed by atoms with E-state index in [4.69, 9.17) is 14.5 Å². The summed E-state index contributed by atoms with van der Waals surface area (Å²) in [5.74, 6) is 12.6. The second-order valence-corrected chi connectivity index (χ2v) is 13.2. The molecule has 0 bridgehead atoms. The molecule has 1 amide bonds. The van der Waals surface area contributed by atoms with Crippen molar-refractivity contribution in [1.82, 2.24) is 10.3 Å². The Morgan fingerprint density at radius 3 is 1.64 bits per heavy atom. The summed E-state index contributed by atoms with van der Waals surface area (Å²) in [6, 6.07) is 16.4. The van der Waals surface area contributed by atoms with Crippen LogP contribution in [0, 0.1) is 23.7 Å². The highest BCUT2D eigenvalue weighted by molar-refractivity contribution is 6.07. The summed E-state index contributed by atoms with van der Waals surface area (Å²) >= 11 is 0. The number of hydrogen-bond acceptors (Lipinski definition) is 5. The highest BCUT2D eigenvalue weighted by Crippen LogP contribution is 2.30. The van der Waals surface area contributed by atoms with E-state index in [1.165, 1.54) is 83.5 Å². The Morgan fingerprint density at radius 2 is 1.08 bits per heavy atom. The number of carbonyl (C=O) groups is 1. The third kappa shape index (κ3) is 18.4. The number of unbranched alkanes of at least 4 members (excludes halogenated alkanes) is 16. The van der Waals surface area contributed by atoms with E-state index in [0.29, 0.717) is 45.9 Å². The zero-order valence-electron chi connectivity index (χ0n) is 31.0. The van der Waals surface area contributed by atoms with Crippen molar-refractivity contribution in [2.45, 2.75) is 129 Å². The molecule has 2 N–H and O–H groups in total. The molecular formula is C44H63N3O3. The Labute approximate surface area is 303 Å². The van der Waals surface area contributed by atoms with Gasteiger partial charge in [-0.25, -0.2) is 4.98 Å². The van der Waals surface area contributed by atoms with Gasteiger partial charge < -0.3 is 20.1 Å². The van der Waals surface area contributed by atoms with Crippen molar-refractivity contribution in [2.75, 3.05) is 44.8 Å². The van der Waals surface area contributed by atoms with Gasteiger partial charge in [-0.3, -0.25) is 4.79 Å². The van der Waals surface area contributed by atoms with Crippen molar-refractivity contribution < 1.29 is 14.3 Å². The SMILES string of the molecule is CCCCCCCCCCCCC#CC#CCCCCCCCCC(=O)NCCOCCOCCNc1c2ccccc2nc2ccccc12. The van der Waals surface area contributed by atoms with E-state index in [0.717, 1.165) is 59.6 Å². The molecule has 0 spiro atoms. The number of nitrogens with zero attached hydrogens (tertiary/aromatic N) is 1. The molecule has 3 aromatic rings. The van der Waals surface area contributed by atoms with Crippen molar-refractivity contribution in [1.29, 1.82) is 0 Å². The van der Waals surface area contributed by atoms with E-state index in [-0.39, 0.29) is 5.91 Å². The number of ether oxygens (including phenoxy) is 2. The molecular weight excluding hydrogens is 619 g/mol. The number of hydrogen-bond donors (Lipinski definition) is 2. The summed E-state index contributed by atoms with van der Waals surface area (Å²) in [6.07, 6.45) is 22.9. The van der Waals surface area contributed by atoms with Crippen LogP contribution in [0.2, 0.25) is 0 Å². The first-order chi connectivity index (χ1) is 24.8. The average molecular weight is 682 g/mol. The van der Waals surface area contributed by atoms with Crippen LogP contribution in [0.3, 0.4) is 0 Å². The van der Waals surface area contributed by atoms with Gasteiger partial charge in [0.2, 0.25) is 5.91 Å². The molecule has 0 saturated heterocycles. The number of amides is 1. The van der Waals surface area contributed by atoms with Crippen LogP contribution < -0.4 is 10.6 Å². The monoisotopic (exact) mass is 681 g/mol. The lowest BCUT2D eigenvalue weighted by Crippen LogP contribution is -2.27. The van der Waals surface area contributed by atoms with E-state index < -0.39 is 0 Å². The minimum atomic E-state index is 0.108. The summed E-state index contributed by atoms with van der Waals surface area (Å²) in [5.41, 5.74) is 3.05. The van der Waals surface area contributed by atoms with Crippen LogP contribution in [0.1, 0.15) is 129 Å². The molecule has 0 radical (unpaired) electrons. The van der Waals surface area contributed by atoms with Crippen LogP contribution in [0.4, 0.5) is 5.69 Å². The highest BCUT2D eigenvalue weighted by atomic mass is 16.5. The molecule has 1 aromatic heterocycles. The normalized spacial score (nSPS) is 10.8. The van der Waals surface area contributed by atoms with Crippen molar-refractivity contribution >= 4 is 33.4 Å². The number of pyridine rings is 1. The Kier molecular flexibility index (Phi) is 23.0. The Balaban J connectivity index is 1.05. The Morgan fingerprint density at radius 1 is 0.600 bits per heavy atom. The van der Waals surface area contributed by atoms with Crippen LogP contribution >= 0.6 is 0 Å². The average Bonchev–Trinajstić information content (AvgIpc) is 3.14. The number of aromatic nitrogens is 1. The van der Waals surface area contributed by atoms with Gasteiger partial charge >= 0.3 is 0 Å². The predicted octanol–water partition coefficient (Wildman–Crippen LogP) is 10.4. The van der Waals surface area contributed by atoms with Crippen LogP contribution in [0.25, 0.3) is 21.8 Å². The second-order valence-electron chi connectivity index (χ2n) is 13.2. The van der Waals surface area contributed by atoms with Crippen LogP contribution in [-0.2, 0) is 14.3 Å². The van der Waals surface area contributed by atoms with Crippen LogP contribution in [0.5, 0.6) is 0 Å². The van der Waals surface area contributed by atoms with E-state index >= 15 is 0 Å². The smallest absolute Gasteiger partial charge is 0.220 e. The zero-order chi connectivity index (χ0) is 35.2. The summed E-state index contributed by atoms with van der Waals surface area (Å²) in [7, 11) is 0. The number of rotatable bonds is 28. The maximum absolute atomic E-state index is 12.1. The van der Waals surface area contributed by atoms with Gasteiger partial charge in [0.25, 0.3) is 0 Å². The molecule has 0 aliphatic rings. The molecule has 2 aromatic carbocycles. The minimum Gasteiger partial charge on any atom is -0.382 e. The minimum absolute atomic E-state index is 0.108. The van der Waals surface area contributed by atoms with Gasteiger partial charge in [-0.15, -0.1) is 0 Å². The standard InChI is InChI=1S/C44H63N3O3/c1-2-3-4-5-6-7-8-9-10-11-12-13-14-15-16-17-18-19-20-21-22-23-32-43(48)45-33-35-49-37-38-50-36-34-46-44-39-28-24-26-30-41(39)47-42-31-27-25-29-40(42)44/h24-31H,2-12,17-23,32-38H2,1H3,(H,45,48)(H,46,47). The number of fused-ring (bicyclic) bond motifs is 2. The third-order valence-electron chi connectivity index (χ3n) is 8.93. The predicted molar refractivity (Wildman–Crippen MR) is 211 cm³/mol. The lowest BCUT2D eigenvalue weighted by molar-refractivity contribution is -0.121. The van der Waals surface area contributed by atoms with Gasteiger partial charge in [0.15, 0.2) is 0 Å². The first kappa shape index (κ1) is 40.8. The van der Waals surface area contributed by atoms with Crippen LogP contribution in [0.15, 0.2) is 48.5 Å². The Bertz CT molecular complexity index is 1410. The fourth-order valence-corrected chi connectivity index (χ4v) is 6.07. The number of benzene rings is 2. The summed E-state index contributed by atoms with van der Waals surface area (Å²) < 4.78 is 11.4. The van der Waals surface area contributed by atoms with Crippen molar-refractivity contribution in [3.05, 3.63) is 48.5 Å². The molecule has 3 rings (SSSR count). The topological polar surface area (TPSA) is 72.5 Å². The van der Waals surface area contributed by atoms with Crippen LogP contribution in [-0.4, -0.2) is 50.4 Å². The molecule has 0 fully saturated rings. The van der Waals surface area contributed by atoms with Gasteiger partial charge in [-0.05, 0) is 43.2 Å². The van der Waals surface area contributed by atoms with E-state index in [1.807, 2.05) is 36.4 Å². The molecule has 0 aliphatic carbocycles. The van der Waals surface area contributed by atoms with Crippen molar-refractivity contribution in [3.8, 4) is 23.7 Å². The molecule has 6 heteroatoms. The van der Waals surface area contributed by atoms with E-state index in [2.05, 4.69) is 53.4 Å². The number of carbonyl (C=O) groups excluding carboxylic acids is 1. The molecule has 0 unspecified atom stereocenters. The van der Waals surface area contributed by atoms with Gasteiger partial charge in [0.1, 0.15) is 0 Å². The maximum atomic E-state index is 12.1. The summed E-state index contributed by atoms with van der Waals surface area (Å²) in [5, 5.41) is 8.73. The molecule has 1 heterocycles. The fourth-order valence-electron chi connectivity index (χ4n) is 6.07. The molecule has 272 valence electrons. The fraction of sp³-hybridized carbons (Fsp3) is 0.591. The molecule has 6 nitrogen and oxygen atoms in total. The first-order valence-electron chi connectivity index (χ1n) is 19.7. The quantitative estimate of drug-likeness (QED) is 0.0453. The van der Waals surface area contributed by atoms with Gasteiger partial charge in [0.05, 0.1) is 43.1 Å². The lowest BCUT2D eigenvalue weighted by atomic mass is 10.1. The lowest BCUT2D eigenvalue weighted by Gasteiger charge is -2.13. The molecule has 0 saturated carbocycles. The van der Waals surface area contributed by atoms with Gasteiger partial charge in [-0.1, -0.05) is 139 Å². The maximum Gasteiger partial charge on any atom is 0.220 e. The van der Waals surface area contributed by atoms with Crippen molar-refractivity contribution in [3.63, 3.8) is 0 Å². The number of nitrogens with one attached hydrogen (secondary N) is 2. The highest BCUT2D eigenvalue weighted by Gasteiger charge is 2.08. The summed E-state index contributed by atoms with van der Waals surface area (Å²) in [4.78, 5) is 16.9.